The van der Waals surface area contributed by atoms with E-state index in [0.717, 1.165) is 13.1 Å². The second kappa shape index (κ2) is 5.52. The number of nitriles is 1. The zero-order valence-corrected chi connectivity index (χ0v) is 9.31. The maximum Gasteiger partial charge on any atom is 0.246 e. The van der Waals surface area contributed by atoms with Crippen LogP contribution in [0, 0.1) is 11.3 Å². The second-order valence-corrected chi connectivity index (χ2v) is 3.81. The smallest absolute Gasteiger partial charge is 0.246 e. The number of allylic oxidation sites excluding steroid dienone is 1. The molecule has 1 saturated heterocycles. The molecule has 1 fully saturated rings. The average molecular weight is 207 g/mol. The summed E-state index contributed by atoms with van der Waals surface area (Å²) in [4.78, 5) is 15.7. The summed E-state index contributed by atoms with van der Waals surface area (Å²) in [5.74, 6) is 0.0193. The van der Waals surface area contributed by atoms with Crippen LogP contribution < -0.4 is 0 Å². The first-order valence-corrected chi connectivity index (χ1v) is 5.17. The van der Waals surface area contributed by atoms with Gasteiger partial charge in [0.25, 0.3) is 0 Å². The maximum absolute atomic E-state index is 11.7. The van der Waals surface area contributed by atoms with Crippen molar-refractivity contribution in [2.45, 2.75) is 19.4 Å². The molecule has 1 amide bonds. The van der Waals surface area contributed by atoms with E-state index in [1.165, 1.54) is 0 Å². The highest BCUT2D eigenvalue weighted by Gasteiger charge is 2.27. The molecule has 82 valence electrons. The van der Waals surface area contributed by atoms with Crippen LogP contribution >= 0.6 is 0 Å². The van der Waals surface area contributed by atoms with E-state index in [-0.39, 0.29) is 11.9 Å². The first-order chi connectivity index (χ1) is 7.19. The van der Waals surface area contributed by atoms with Crippen LogP contribution in [0.15, 0.2) is 12.2 Å². The van der Waals surface area contributed by atoms with Gasteiger partial charge in [0.2, 0.25) is 5.91 Å². The number of nitrogens with zero attached hydrogens (tertiary/aromatic N) is 3. The Balaban J connectivity index is 2.68. The zero-order chi connectivity index (χ0) is 11.3. The molecule has 1 atom stereocenters. The Bertz CT molecular complexity index is 293. The molecule has 0 N–H and O–H groups in total. The van der Waals surface area contributed by atoms with Crippen molar-refractivity contribution in [1.82, 2.24) is 9.80 Å². The summed E-state index contributed by atoms with van der Waals surface area (Å²) in [6.07, 6.45) is 3.72. The third kappa shape index (κ3) is 3.07. The summed E-state index contributed by atoms with van der Waals surface area (Å²) < 4.78 is 0. The molecule has 4 heteroatoms. The fourth-order valence-corrected chi connectivity index (χ4v) is 1.82. The molecule has 0 saturated carbocycles. The molecule has 0 aromatic carbocycles. The number of piperazine rings is 1. The Labute approximate surface area is 90.8 Å². The van der Waals surface area contributed by atoms with Gasteiger partial charge in [-0.2, -0.15) is 5.26 Å². The van der Waals surface area contributed by atoms with E-state index in [4.69, 9.17) is 5.26 Å². The van der Waals surface area contributed by atoms with Crippen LogP contribution in [0.5, 0.6) is 0 Å². The van der Waals surface area contributed by atoms with E-state index in [2.05, 4.69) is 11.0 Å². The third-order valence-corrected chi connectivity index (χ3v) is 2.61. The number of carbonyl (C=O) groups excluding carboxylic acids is 1. The highest BCUT2D eigenvalue weighted by molar-refractivity contribution is 5.87. The Morgan fingerprint density at radius 1 is 1.60 bits per heavy atom. The van der Waals surface area contributed by atoms with Crippen LogP contribution in [-0.2, 0) is 4.79 Å². The molecule has 1 aliphatic heterocycles. The van der Waals surface area contributed by atoms with Crippen molar-refractivity contribution in [3.63, 3.8) is 0 Å². The predicted octanol–water partition coefficient (Wildman–Crippen LogP) is 0.619. The van der Waals surface area contributed by atoms with Crippen molar-refractivity contribution in [3.05, 3.63) is 12.2 Å². The molecule has 1 aliphatic rings. The molecule has 0 aliphatic carbocycles. The topological polar surface area (TPSA) is 47.3 Å². The fourth-order valence-electron chi connectivity index (χ4n) is 1.82. The van der Waals surface area contributed by atoms with Gasteiger partial charge in [-0.15, -0.1) is 0 Å². The molecule has 15 heavy (non-hydrogen) atoms. The van der Waals surface area contributed by atoms with Crippen molar-refractivity contribution in [2.24, 2.45) is 0 Å². The summed E-state index contributed by atoms with van der Waals surface area (Å²) in [5, 5.41) is 8.71. The lowest BCUT2D eigenvalue weighted by atomic mass is 10.1. The van der Waals surface area contributed by atoms with Crippen molar-refractivity contribution >= 4 is 5.91 Å². The van der Waals surface area contributed by atoms with Crippen LogP contribution in [0.2, 0.25) is 0 Å². The minimum Gasteiger partial charge on any atom is -0.333 e. The molecule has 0 aromatic heterocycles. The standard InChI is InChI=1S/C11H17N3O/c1-3-4-11(15)14-8-7-13(2)9-10(14)5-6-12/h3-4,10H,5,7-9H2,1-2H3/b4-3+/t10-/m0/s1. The van der Waals surface area contributed by atoms with Gasteiger partial charge in [0.1, 0.15) is 0 Å². The van der Waals surface area contributed by atoms with Crippen LogP contribution in [0.25, 0.3) is 0 Å². The Hall–Kier alpha value is -1.34. The van der Waals surface area contributed by atoms with E-state index in [1.807, 2.05) is 14.0 Å². The molecule has 1 rings (SSSR count). The fraction of sp³-hybridized carbons (Fsp3) is 0.636. The zero-order valence-electron chi connectivity index (χ0n) is 9.31. The molecule has 0 aromatic rings. The van der Waals surface area contributed by atoms with Crippen molar-refractivity contribution in [2.75, 3.05) is 26.7 Å². The molecule has 0 spiro atoms. The van der Waals surface area contributed by atoms with Crippen LogP contribution in [0.4, 0.5) is 0 Å². The molecule has 0 radical (unpaired) electrons. The lowest BCUT2D eigenvalue weighted by Crippen LogP contribution is -2.53. The molecular formula is C11H17N3O. The normalized spacial score (nSPS) is 23.0. The lowest BCUT2D eigenvalue weighted by Gasteiger charge is -2.38. The van der Waals surface area contributed by atoms with Gasteiger partial charge in [-0.3, -0.25) is 4.79 Å². The number of amides is 1. The molecule has 0 unspecified atom stereocenters. The second-order valence-electron chi connectivity index (χ2n) is 3.81. The van der Waals surface area contributed by atoms with Gasteiger partial charge in [0.15, 0.2) is 0 Å². The predicted molar refractivity (Wildman–Crippen MR) is 58.0 cm³/mol. The summed E-state index contributed by atoms with van der Waals surface area (Å²) in [5.41, 5.74) is 0. The Morgan fingerprint density at radius 2 is 2.33 bits per heavy atom. The van der Waals surface area contributed by atoms with Crippen LogP contribution in [-0.4, -0.2) is 48.4 Å². The summed E-state index contributed by atoms with van der Waals surface area (Å²) in [6, 6.07) is 2.18. The maximum atomic E-state index is 11.7. The molecule has 0 bridgehead atoms. The number of likely N-dealkylation sites (N-methyl/N-ethyl adjacent to an activating group) is 1. The third-order valence-electron chi connectivity index (χ3n) is 2.61. The van der Waals surface area contributed by atoms with Crippen molar-refractivity contribution in [1.29, 1.82) is 5.26 Å². The first-order valence-electron chi connectivity index (χ1n) is 5.17. The molecular weight excluding hydrogens is 190 g/mol. The lowest BCUT2D eigenvalue weighted by molar-refractivity contribution is -0.130. The van der Waals surface area contributed by atoms with Gasteiger partial charge in [-0.1, -0.05) is 6.08 Å². The van der Waals surface area contributed by atoms with Gasteiger partial charge in [-0.05, 0) is 20.0 Å². The minimum atomic E-state index is 0.0193. The highest BCUT2D eigenvalue weighted by atomic mass is 16.2. The van der Waals surface area contributed by atoms with E-state index < -0.39 is 0 Å². The van der Waals surface area contributed by atoms with Crippen LogP contribution in [0.1, 0.15) is 13.3 Å². The SMILES string of the molecule is C/C=C/C(=O)N1CCN(C)C[C@@H]1CC#N. The van der Waals surface area contributed by atoms with Crippen molar-refractivity contribution in [3.8, 4) is 6.07 Å². The summed E-state index contributed by atoms with van der Waals surface area (Å²) >= 11 is 0. The summed E-state index contributed by atoms with van der Waals surface area (Å²) in [6.45, 7) is 4.21. The van der Waals surface area contributed by atoms with E-state index in [0.29, 0.717) is 13.0 Å². The van der Waals surface area contributed by atoms with Gasteiger partial charge in [0, 0.05) is 19.6 Å². The largest absolute Gasteiger partial charge is 0.333 e. The highest BCUT2D eigenvalue weighted by Crippen LogP contribution is 2.12. The van der Waals surface area contributed by atoms with E-state index >= 15 is 0 Å². The number of hydrogen-bond acceptors (Lipinski definition) is 3. The summed E-state index contributed by atoms with van der Waals surface area (Å²) in [7, 11) is 2.02. The van der Waals surface area contributed by atoms with Crippen molar-refractivity contribution < 1.29 is 4.79 Å². The van der Waals surface area contributed by atoms with E-state index in [1.54, 1.807) is 17.1 Å². The van der Waals surface area contributed by atoms with Gasteiger partial charge in [-0.25, -0.2) is 0 Å². The monoisotopic (exact) mass is 207 g/mol. The number of carbonyl (C=O) groups is 1. The number of hydrogen-bond donors (Lipinski definition) is 0. The van der Waals surface area contributed by atoms with Gasteiger partial charge in [0.05, 0.1) is 18.5 Å². The number of rotatable bonds is 2. The van der Waals surface area contributed by atoms with E-state index in [9.17, 15) is 4.79 Å². The Morgan fingerprint density at radius 3 is 2.93 bits per heavy atom. The van der Waals surface area contributed by atoms with Crippen LogP contribution in [0.3, 0.4) is 0 Å². The first kappa shape index (κ1) is 11.7. The van der Waals surface area contributed by atoms with Gasteiger partial charge < -0.3 is 9.80 Å². The molecule has 4 nitrogen and oxygen atoms in total. The average Bonchev–Trinajstić information content (AvgIpc) is 2.18. The minimum absolute atomic E-state index is 0.0193. The van der Waals surface area contributed by atoms with Gasteiger partial charge >= 0.3 is 0 Å². The Kier molecular flexibility index (Phi) is 4.32. The quantitative estimate of drug-likeness (QED) is 0.624. The molecule has 1 heterocycles.